The van der Waals surface area contributed by atoms with E-state index in [1.165, 1.54) is 6.08 Å². The van der Waals surface area contributed by atoms with Crippen LogP contribution in [0.3, 0.4) is 0 Å². The average Bonchev–Trinajstić information content (AvgIpc) is 2.03. The molecular formula is C8H12I2O2Si. The highest BCUT2D eigenvalue weighted by atomic mass is 127. The molecule has 0 heterocycles. The van der Waals surface area contributed by atoms with E-state index < -0.39 is 0 Å². The Kier molecular flexibility index (Phi) is 10.1. The molecule has 0 aromatic carbocycles. The topological polar surface area (TPSA) is 26.3 Å². The third-order valence-electron chi connectivity index (χ3n) is 1.17. The first-order chi connectivity index (χ1) is 6.16. The normalized spacial score (nSPS) is 11.1. The predicted octanol–water partition coefficient (Wildman–Crippen LogP) is 2.77. The second kappa shape index (κ2) is 9.44. The molecule has 0 bridgehead atoms. The summed E-state index contributed by atoms with van der Waals surface area (Å²) in [4.78, 5) is 10.8. The predicted molar refractivity (Wildman–Crippen MR) is 72.8 cm³/mol. The number of hydrogen-bond donors (Lipinski definition) is 0. The fraction of sp³-hybridized carbons (Fsp3) is 0.625. The van der Waals surface area contributed by atoms with Gasteiger partial charge in [0, 0.05) is 6.08 Å². The summed E-state index contributed by atoms with van der Waals surface area (Å²) in [6.07, 6.45) is 4.11. The van der Waals surface area contributed by atoms with E-state index in [1.807, 2.05) is 0 Å². The van der Waals surface area contributed by atoms with Crippen molar-refractivity contribution in [1.29, 1.82) is 0 Å². The van der Waals surface area contributed by atoms with E-state index in [0.29, 0.717) is 8.16 Å². The number of carbonyl (C=O) groups excluding carboxylic acids is 1. The van der Waals surface area contributed by atoms with Crippen molar-refractivity contribution in [3.8, 4) is 0 Å². The molecular weight excluding hydrogens is 410 g/mol. The van der Waals surface area contributed by atoms with Gasteiger partial charge < -0.3 is 4.74 Å². The van der Waals surface area contributed by atoms with Gasteiger partial charge in [-0.3, -0.25) is 0 Å². The molecule has 0 atom stereocenters. The molecule has 0 N–H and O–H groups in total. The molecule has 2 nitrogen and oxygen atoms in total. The first kappa shape index (κ1) is 13.9. The third-order valence-corrected chi connectivity index (χ3v) is 4.76. The van der Waals surface area contributed by atoms with Crippen molar-refractivity contribution >= 4 is 60.7 Å². The molecule has 0 saturated carbocycles. The molecule has 0 amide bonds. The number of esters is 1. The van der Waals surface area contributed by atoms with Crippen LogP contribution in [0.25, 0.3) is 0 Å². The molecule has 0 saturated heterocycles. The van der Waals surface area contributed by atoms with E-state index in [9.17, 15) is 4.79 Å². The van der Waals surface area contributed by atoms with Crippen LogP contribution >= 0.6 is 45.2 Å². The highest BCUT2D eigenvalue weighted by Gasteiger charge is 2.00. The number of rotatable bonds is 6. The molecule has 2 radical (unpaired) electrons. The average molecular weight is 422 g/mol. The number of carbonyl (C=O) groups is 1. The number of alkyl halides is 2. The van der Waals surface area contributed by atoms with Gasteiger partial charge in [0.15, 0.2) is 0 Å². The van der Waals surface area contributed by atoms with Crippen LogP contribution < -0.4 is 0 Å². The standard InChI is InChI=1S/C8H12I2O2Si/c1-2-4-7(11)12-5-3-6-13-8(9)10/h2,4,8H,3,5-6H2,1H3. The maximum absolute atomic E-state index is 10.8. The molecule has 0 rings (SSSR count). The number of hydrogen-bond acceptors (Lipinski definition) is 2. The zero-order valence-corrected chi connectivity index (χ0v) is 12.7. The first-order valence-corrected chi connectivity index (χ1v) is 7.75. The van der Waals surface area contributed by atoms with E-state index >= 15 is 0 Å². The lowest BCUT2D eigenvalue weighted by atomic mass is 10.5. The highest BCUT2D eigenvalue weighted by Crippen LogP contribution is 2.09. The van der Waals surface area contributed by atoms with Gasteiger partial charge in [0.25, 0.3) is 0 Å². The van der Waals surface area contributed by atoms with Crippen molar-refractivity contribution in [2.75, 3.05) is 6.61 Å². The monoisotopic (exact) mass is 422 g/mol. The molecule has 0 aliphatic heterocycles. The summed E-state index contributed by atoms with van der Waals surface area (Å²) in [5.41, 5.74) is 0. The smallest absolute Gasteiger partial charge is 0.330 e. The Bertz CT molecular complexity index is 172. The number of halogens is 2. The molecule has 74 valence electrons. The van der Waals surface area contributed by atoms with Crippen LogP contribution in [-0.2, 0) is 9.53 Å². The molecule has 0 unspecified atom stereocenters. The highest BCUT2D eigenvalue weighted by molar-refractivity contribution is 14.2. The van der Waals surface area contributed by atoms with E-state index in [0.717, 1.165) is 22.0 Å². The Labute approximate surface area is 109 Å². The summed E-state index contributed by atoms with van der Waals surface area (Å²) in [6, 6.07) is 1.15. The quantitative estimate of drug-likeness (QED) is 0.164. The van der Waals surface area contributed by atoms with Gasteiger partial charge in [-0.25, -0.2) is 4.79 Å². The Hall–Kier alpha value is 0.887. The minimum Gasteiger partial charge on any atom is -0.463 e. The van der Waals surface area contributed by atoms with Crippen LogP contribution in [-0.4, -0.2) is 23.7 Å². The van der Waals surface area contributed by atoms with Crippen molar-refractivity contribution in [3.63, 3.8) is 0 Å². The lowest BCUT2D eigenvalue weighted by Gasteiger charge is -2.01. The maximum atomic E-state index is 10.8. The summed E-state index contributed by atoms with van der Waals surface area (Å²) in [6.45, 7) is 2.36. The van der Waals surface area contributed by atoms with Gasteiger partial charge in [-0.05, 0) is 13.3 Å². The van der Waals surface area contributed by atoms with Crippen molar-refractivity contribution in [2.45, 2.75) is 20.9 Å². The second-order valence-corrected chi connectivity index (χ2v) is 11.0. The largest absolute Gasteiger partial charge is 0.463 e. The maximum Gasteiger partial charge on any atom is 0.330 e. The zero-order valence-electron chi connectivity index (χ0n) is 7.43. The van der Waals surface area contributed by atoms with E-state index in [-0.39, 0.29) is 5.97 Å². The molecule has 5 heteroatoms. The lowest BCUT2D eigenvalue weighted by molar-refractivity contribution is -0.137. The minimum absolute atomic E-state index is 0.230. The minimum atomic E-state index is -0.230. The van der Waals surface area contributed by atoms with Crippen molar-refractivity contribution < 1.29 is 9.53 Å². The zero-order chi connectivity index (χ0) is 10.1. The summed E-state index contributed by atoms with van der Waals surface area (Å²) in [7, 11) is 0.957. The fourth-order valence-corrected chi connectivity index (χ4v) is 3.08. The summed E-state index contributed by atoms with van der Waals surface area (Å²) < 4.78 is 5.65. The van der Waals surface area contributed by atoms with Crippen LogP contribution in [0, 0.1) is 0 Å². The lowest BCUT2D eigenvalue weighted by Crippen LogP contribution is -2.05. The van der Waals surface area contributed by atoms with Gasteiger partial charge in [-0.2, -0.15) is 0 Å². The van der Waals surface area contributed by atoms with E-state index in [2.05, 4.69) is 45.2 Å². The van der Waals surface area contributed by atoms with Crippen molar-refractivity contribution in [1.82, 2.24) is 0 Å². The van der Waals surface area contributed by atoms with Crippen LogP contribution in [0.4, 0.5) is 0 Å². The van der Waals surface area contributed by atoms with Gasteiger partial charge in [0.1, 0.15) is 0 Å². The van der Waals surface area contributed by atoms with Crippen molar-refractivity contribution in [3.05, 3.63) is 12.2 Å². The molecule has 0 aromatic rings. The van der Waals surface area contributed by atoms with Gasteiger partial charge in [0.2, 0.25) is 0 Å². The first-order valence-electron chi connectivity index (χ1n) is 3.97. The Morgan fingerprint density at radius 2 is 2.31 bits per heavy atom. The Morgan fingerprint density at radius 3 is 2.85 bits per heavy atom. The molecule has 0 spiro atoms. The van der Waals surface area contributed by atoms with Gasteiger partial charge in [-0.15, -0.1) is 0 Å². The third kappa shape index (κ3) is 10.8. The fourth-order valence-electron chi connectivity index (χ4n) is 0.640. The molecule has 0 aliphatic carbocycles. The van der Waals surface area contributed by atoms with Gasteiger partial charge in [0.05, 0.1) is 17.7 Å². The number of allylic oxidation sites excluding steroid dienone is 1. The van der Waals surface area contributed by atoms with E-state index in [1.54, 1.807) is 13.0 Å². The summed E-state index contributed by atoms with van der Waals surface area (Å²) in [5.74, 6) is -0.230. The Morgan fingerprint density at radius 1 is 1.62 bits per heavy atom. The van der Waals surface area contributed by atoms with Crippen molar-refractivity contribution in [2.24, 2.45) is 0 Å². The molecule has 0 aromatic heterocycles. The summed E-state index contributed by atoms with van der Waals surface area (Å²) in [5, 5.41) is 0. The molecule has 0 fully saturated rings. The van der Waals surface area contributed by atoms with Gasteiger partial charge >= 0.3 is 5.97 Å². The SMILES string of the molecule is CC=CC(=O)OCCC[Si]C(I)I. The van der Waals surface area contributed by atoms with Crippen LogP contribution in [0.2, 0.25) is 6.04 Å². The van der Waals surface area contributed by atoms with E-state index in [4.69, 9.17) is 4.74 Å². The summed E-state index contributed by atoms with van der Waals surface area (Å²) >= 11 is 4.80. The Balaban J connectivity index is 3.21. The number of ether oxygens (including phenoxy) is 1. The molecule has 0 aliphatic rings. The molecule has 13 heavy (non-hydrogen) atoms. The van der Waals surface area contributed by atoms with Crippen LogP contribution in [0.5, 0.6) is 0 Å². The van der Waals surface area contributed by atoms with Crippen LogP contribution in [0.1, 0.15) is 13.3 Å². The van der Waals surface area contributed by atoms with Gasteiger partial charge in [-0.1, -0.05) is 57.3 Å². The van der Waals surface area contributed by atoms with Crippen LogP contribution in [0.15, 0.2) is 12.2 Å². The second-order valence-electron chi connectivity index (χ2n) is 2.28.